The van der Waals surface area contributed by atoms with Crippen LogP contribution in [0, 0.1) is 5.92 Å². The highest BCUT2D eigenvalue weighted by molar-refractivity contribution is 5.94. The Kier molecular flexibility index (Phi) is 5.38. The maximum atomic E-state index is 12.0. The molecule has 112 valence electrons. The molecule has 4 nitrogen and oxygen atoms in total. The smallest absolute Gasteiger partial charge is 0.406 e. The quantitative estimate of drug-likeness (QED) is 0.875. The van der Waals surface area contributed by atoms with Crippen molar-refractivity contribution in [1.82, 2.24) is 5.32 Å². The van der Waals surface area contributed by atoms with Crippen molar-refractivity contribution in [3.8, 4) is 5.75 Å². The Morgan fingerprint density at radius 3 is 2.30 bits per heavy atom. The molecule has 0 saturated carbocycles. The molecule has 0 bridgehead atoms. The van der Waals surface area contributed by atoms with Gasteiger partial charge in [0.05, 0.1) is 6.10 Å². The molecule has 1 unspecified atom stereocenters. The third kappa shape index (κ3) is 5.48. The van der Waals surface area contributed by atoms with E-state index in [4.69, 9.17) is 0 Å². The maximum Gasteiger partial charge on any atom is 0.573 e. The minimum Gasteiger partial charge on any atom is -0.406 e. The van der Waals surface area contributed by atoms with Gasteiger partial charge >= 0.3 is 6.36 Å². The first kappa shape index (κ1) is 16.3. The number of aliphatic hydroxyl groups is 1. The number of carbonyl (C=O) groups is 1. The van der Waals surface area contributed by atoms with Crippen molar-refractivity contribution in [2.24, 2.45) is 5.92 Å². The Balaban J connectivity index is 2.58. The molecule has 0 aromatic heterocycles. The van der Waals surface area contributed by atoms with Crippen molar-refractivity contribution in [3.05, 3.63) is 29.8 Å². The summed E-state index contributed by atoms with van der Waals surface area (Å²) >= 11 is 0. The standard InChI is InChI=1S/C13H16F3NO3/c1-8(2)11(18)7-17-12(19)9-3-5-10(6-4-9)20-13(14,15)16/h3-6,8,11,18H,7H2,1-2H3,(H,17,19). The minimum atomic E-state index is -4.76. The number of benzene rings is 1. The van der Waals surface area contributed by atoms with Gasteiger partial charge in [-0.25, -0.2) is 0 Å². The number of carbonyl (C=O) groups excluding carboxylic acids is 1. The van der Waals surface area contributed by atoms with Crippen molar-refractivity contribution in [1.29, 1.82) is 0 Å². The van der Waals surface area contributed by atoms with Crippen molar-refractivity contribution < 1.29 is 27.8 Å². The van der Waals surface area contributed by atoms with E-state index in [1.165, 1.54) is 12.1 Å². The summed E-state index contributed by atoms with van der Waals surface area (Å²) in [5.41, 5.74) is 0.190. The van der Waals surface area contributed by atoms with Gasteiger partial charge in [-0.1, -0.05) is 13.8 Å². The summed E-state index contributed by atoms with van der Waals surface area (Å²) in [6, 6.07) is 4.55. The lowest BCUT2D eigenvalue weighted by Crippen LogP contribution is -2.34. The Bertz CT molecular complexity index is 443. The zero-order valence-electron chi connectivity index (χ0n) is 11.1. The number of hydrogen-bond donors (Lipinski definition) is 2. The molecule has 0 spiro atoms. The largest absolute Gasteiger partial charge is 0.573 e. The fourth-order valence-electron chi connectivity index (χ4n) is 1.34. The van der Waals surface area contributed by atoms with E-state index < -0.39 is 24.1 Å². The molecule has 0 saturated heterocycles. The number of hydrogen-bond acceptors (Lipinski definition) is 3. The van der Waals surface area contributed by atoms with E-state index >= 15 is 0 Å². The highest BCUT2D eigenvalue weighted by Gasteiger charge is 2.31. The van der Waals surface area contributed by atoms with E-state index in [0.29, 0.717) is 0 Å². The van der Waals surface area contributed by atoms with Crippen LogP contribution < -0.4 is 10.1 Å². The first-order valence-electron chi connectivity index (χ1n) is 6.01. The second-order valence-corrected chi connectivity index (χ2v) is 4.59. The molecule has 0 heterocycles. The normalized spacial score (nSPS) is 13.2. The second kappa shape index (κ2) is 6.60. The molecule has 0 aliphatic heterocycles. The van der Waals surface area contributed by atoms with Crippen molar-refractivity contribution >= 4 is 5.91 Å². The van der Waals surface area contributed by atoms with Crippen LogP contribution >= 0.6 is 0 Å². The molecule has 0 aliphatic carbocycles. The SMILES string of the molecule is CC(C)C(O)CNC(=O)c1ccc(OC(F)(F)F)cc1. The number of amides is 1. The molecular weight excluding hydrogens is 275 g/mol. The average Bonchev–Trinajstić information content (AvgIpc) is 2.34. The number of nitrogens with one attached hydrogen (secondary N) is 1. The van der Waals surface area contributed by atoms with Gasteiger partial charge < -0.3 is 15.2 Å². The zero-order chi connectivity index (χ0) is 15.3. The zero-order valence-corrected chi connectivity index (χ0v) is 11.1. The molecule has 20 heavy (non-hydrogen) atoms. The molecule has 1 aromatic rings. The third-order valence-corrected chi connectivity index (χ3v) is 2.59. The van der Waals surface area contributed by atoms with E-state index in [9.17, 15) is 23.1 Å². The van der Waals surface area contributed by atoms with Gasteiger partial charge in [-0.2, -0.15) is 0 Å². The van der Waals surface area contributed by atoms with Crippen LogP contribution in [0.2, 0.25) is 0 Å². The summed E-state index contributed by atoms with van der Waals surface area (Å²) in [5, 5.41) is 12.0. The van der Waals surface area contributed by atoms with Crippen LogP contribution in [0.25, 0.3) is 0 Å². The summed E-state index contributed by atoms with van der Waals surface area (Å²) < 4.78 is 39.6. The second-order valence-electron chi connectivity index (χ2n) is 4.59. The van der Waals surface area contributed by atoms with Gasteiger partial charge in [0.1, 0.15) is 5.75 Å². The molecule has 1 rings (SSSR count). The van der Waals surface area contributed by atoms with E-state index in [0.717, 1.165) is 12.1 Å². The molecular formula is C13H16F3NO3. The van der Waals surface area contributed by atoms with Crippen molar-refractivity contribution in [2.45, 2.75) is 26.3 Å². The molecule has 0 radical (unpaired) electrons. The number of halogens is 3. The lowest BCUT2D eigenvalue weighted by atomic mass is 10.1. The Morgan fingerprint density at radius 1 is 1.30 bits per heavy atom. The maximum absolute atomic E-state index is 12.0. The van der Waals surface area contributed by atoms with Crippen LogP contribution in [-0.4, -0.2) is 30.0 Å². The molecule has 0 aliphatic rings. The van der Waals surface area contributed by atoms with Gasteiger partial charge in [-0.05, 0) is 30.2 Å². The summed E-state index contributed by atoms with van der Waals surface area (Å²) in [7, 11) is 0. The van der Waals surface area contributed by atoms with Crippen LogP contribution in [0.3, 0.4) is 0 Å². The summed E-state index contributed by atoms with van der Waals surface area (Å²) in [6.45, 7) is 3.69. The topological polar surface area (TPSA) is 58.6 Å². The van der Waals surface area contributed by atoms with Crippen LogP contribution in [0.1, 0.15) is 24.2 Å². The number of alkyl halides is 3. The molecule has 1 aromatic carbocycles. The van der Waals surface area contributed by atoms with Crippen LogP contribution in [-0.2, 0) is 0 Å². The summed E-state index contributed by atoms with van der Waals surface area (Å²) in [6.07, 6.45) is -5.43. The highest BCUT2D eigenvalue weighted by Crippen LogP contribution is 2.22. The van der Waals surface area contributed by atoms with Crippen molar-refractivity contribution in [3.63, 3.8) is 0 Å². The summed E-state index contributed by atoms with van der Waals surface area (Å²) in [4.78, 5) is 11.7. The van der Waals surface area contributed by atoms with E-state index in [-0.39, 0.29) is 18.0 Å². The Hall–Kier alpha value is -1.76. The van der Waals surface area contributed by atoms with Gasteiger partial charge in [0.2, 0.25) is 0 Å². The monoisotopic (exact) mass is 291 g/mol. The van der Waals surface area contributed by atoms with Gasteiger partial charge in [-0.15, -0.1) is 13.2 Å². The van der Waals surface area contributed by atoms with Gasteiger partial charge in [0.25, 0.3) is 5.91 Å². The van der Waals surface area contributed by atoms with Gasteiger partial charge in [0, 0.05) is 12.1 Å². The third-order valence-electron chi connectivity index (χ3n) is 2.59. The number of rotatable bonds is 5. The fourth-order valence-corrected chi connectivity index (χ4v) is 1.34. The van der Waals surface area contributed by atoms with Crippen LogP contribution in [0.15, 0.2) is 24.3 Å². The number of ether oxygens (including phenoxy) is 1. The molecule has 2 N–H and O–H groups in total. The van der Waals surface area contributed by atoms with Crippen LogP contribution in [0.5, 0.6) is 5.75 Å². The van der Waals surface area contributed by atoms with E-state index in [2.05, 4.69) is 10.1 Å². The first-order valence-corrected chi connectivity index (χ1v) is 6.01. The molecule has 1 amide bonds. The Morgan fingerprint density at radius 2 is 1.85 bits per heavy atom. The van der Waals surface area contributed by atoms with Gasteiger partial charge in [-0.3, -0.25) is 4.79 Å². The lowest BCUT2D eigenvalue weighted by Gasteiger charge is -2.15. The van der Waals surface area contributed by atoms with Crippen molar-refractivity contribution in [2.75, 3.05) is 6.54 Å². The first-order chi connectivity index (χ1) is 9.19. The van der Waals surface area contributed by atoms with Crippen LogP contribution in [0.4, 0.5) is 13.2 Å². The molecule has 7 heteroatoms. The summed E-state index contributed by atoms with van der Waals surface area (Å²) in [5.74, 6) is -0.864. The molecule has 0 fully saturated rings. The van der Waals surface area contributed by atoms with E-state index in [1.807, 2.05) is 0 Å². The van der Waals surface area contributed by atoms with E-state index in [1.54, 1.807) is 13.8 Å². The molecule has 1 atom stereocenters. The predicted molar refractivity (Wildman–Crippen MR) is 66.3 cm³/mol. The number of aliphatic hydroxyl groups excluding tert-OH is 1. The lowest BCUT2D eigenvalue weighted by molar-refractivity contribution is -0.274. The Labute approximate surface area is 114 Å². The minimum absolute atomic E-state index is 0.00198. The highest BCUT2D eigenvalue weighted by atomic mass is 19.4. The predicted octanol–water partition coefficient (Wildman–Crippen LogP) is 2.33. The van der Waals surface area contributed by atoms with Gasteiger partial charge in [0.15, 0.2) is 0 Å². The fraction of sp³-hybridized carbons (Fsp3) is 0.462. The average molecular weight is 291 g/mol.